The highest BCUT2D eigenvalue weighted by atomic mass is 79.9. The van der Waals surface area contributed by atoms with Gasteiger partial charge in [0.05, 0.1) is 13.2 Å². The zero-order valence-electron chi connectivity index (χ0n) is 14.3. The molecule has 0 spiro atoms. The van der Waals surface area contributed by atoms with E-state index in [1.54, 1.807) is 6.20 Å². The molecular weight excluding hydrogens is 425 g/mol. The fraction of sp³-hybridized carbons (Fsp3) is 0.438. The number of hydrogen-bond donors (Lipinski definition) is 3. The van der Waals surface area contributed by atoms with E-state index in [4.69, 9.17) is 25.0 Å². The van der Waals surface area contributed by atoms with Crippen LogP contribution in [0.2, 0.25) is 0 Å². The number of fused-ring (bicyclic) bond motifs is 1. The molecule has 0 saturated carbocycles. The van der Waals surface area contributed by atoms with Crippen molar-refractivity contribution in [3.8, 4) is 5.75 Å². The van der Waals surface area contributed by atoms with Crippen molar-refractivity contribution in [2.45, 2.75) is 25.7 Å². The summed E-state index contributed by atoms with van der Waals surface area (Å²) >= 11 is 3.40. The lowest BCUT2D eigenvalue weighted by molar-refractivity contribution is -0.118. The number of carbonyl (C=O) groups is 1. The molecule has 1 heterocycles. The minimum absolute atomic E-state index is 0.0466. The van der Waals surface area contributed by atoms with Gasteiger partial charge in [0.2, 0.25) is 5.91 Å². The number of rotatable bonds is 12. The number of aromatic nitrogens is 1. The third-order valence-corrected chi connectivity index (χ3v) is 5.41. The van der Waals surface area contributed by atoms with Crippen molar-refractivity contribution in [1.82, 2.24) is 4.98 Å². The van der Waals surface area contributed by atoms with Crippen LogP contribution in [0.25, 0.3) is 10.9 Å². The van der Waals surface area contributed by atoms with Gasteiger partial charge in [-0.1, -0.05) is 22.4 Å². The fourth-order valence-electron chi connectivity index (χ4n) is 2.27. The van der Waals surface area contributed by atoms with Gasteiger partial charge in [0.15, 0.2) is 5.75 Å². The Labute approximate surface area is 160 Å². The molecule has 2 rings (SSSR count). The molecule has 1 aromatic heterocycles. The van der Waals surface area contributed by atoms with Gasteiger partial charge in [-0.3, -0.25) is 13.8 Å². The van der Waals surface area contributed by atoms with Crippen LogP contribution in [0.1, 0.15) is 25.7 Å². The zero-order chi connectivity index (χ0) is 19.0. The minimum Gasteiger partial charge on any atom is -0.402 e. The van der Waals surface area contributed by atoms with Gasteiger partial charge in [-0.05, 0) is 31.0 Å². The molecule has 0 bridgehead atoms. The predicted molar refractivity (Wildman–Crippen MR) is 103 cm³/mol. The molecule has 10 heteroatoms. The zero-order valence-corrected chi connectivity index (χ0v) is 16.8. The van der Waals surface area contributed by atoms with Gasteiger partial charge in [-0.15, -0.1) is 0 Å². The number of primary amides is 1. The standard InChI is InChI=1S/C16H23BrN3O5P/c17-12-5-6-14-13(10-12)15(11-20-14)25-26(22,24-9-7-18)23-8-3-1-2-4-16(19)21/h5-6,10-11,20H,1-4,7-9,18H2,(H2,19,21). The molecule has 144 valence electrons. The maximum absolute atomic E-state index is 12.9. The molecule has 0 saturated heterocycles. The van der Waals surface area contributed by atoms with Crippen LogP contribution < -0.4 is 16.0 Å². The van der Waals surface area contributed by atoms with E-state index in [0.29, 0.717) is 25.0 Å². The van der Waals surface area contributed by atoms with Crippen molar-refractivity contribution < 1.29 is 22.9 Å². The summed E-state index contributed by atoms with van der Waals surface area (Å²) in [4.78, 5) is 13.7. The molecule has 1 aromatic carbocycles. The first-order valence-electron chi connectivity index (χ1n) is 8.27. The van der Waals surface area contributed by atoms with Crippen molar-refractivity contribution in [3.63, 3.8) is 0 Å². The molecule has 1 atom stereocenters. The second kappa shape index (κ2) is 10.1. The van der Waals surface area contributed by atoms with E-state index < -0.39 is 7.82 Å². The molecule has 8 nitrogen and oxygen atoms in total. The number of halogens is 1. The number of carbonyl (C=O) groups excluding carboxylic acids is 1. The quantitative estimate of drug-likeness (QED) is 0.337. The lowest BCUT2D eigenvalue weighted by Crippen LogP contribution is -2.11. The number of H-pyrrole nitrogens is 1. The van der Waals surface area contributed by atoms with Crippen LogP contribution >= 0.6 is 23.8 Å². The Kier molecular flexibility index (Phi) is 8.12. The van der Waals surface area contributed by atoms with E-state index in [1.165, 1.54) is 0 Å². The van der Waals surface area contributed by atoms with E-state index in [2.05, 4.69) is 20.9 Å². The van der Waals surface area contributed by atoms with Crippen molar-refractivity contribution in [2.24, 2.45) is 11.5 Å². The molecule has 0 radical (unpaired) electrons. The SMILES string of the molecule is NCCOP(=O)(OCCCCCC(N)=O)Oc1c[nH]c2ccc(Br)cc12. The fourth-order valence-corrected chi connectivity index (χ4v) is 3.89. The highest BCUT2D eigenvalue weighted by Gasteiger charge is 2.29. The highest BCUT2D eigenvalue weighted by molar-refractivity contribution is 9.10. The first-order valence-corrected chi connectivity index (χ1v) is 10.5. The molecule has 0 aliphatic heterocycles. The Morgan fingerprint density at radius 2 is 1.96 bits per heavy atom. The van der Waals surface area contributed by atoms with Crippen LogP contribution in [0.3, 0.4) is 0 Å². The topological polar surface area (TPSA) is 130 Å². The molecule has 1 amide bonds. The molecule has 26 heavy (non-hydrogen) atoms. The number of nitrogens with one attached hydrogen (secondary N) is 1. The lowest BCUT2D eigenvalue weighted by atomic mass is 10.2. The summed E-state index contributed by atoms with van der Waals surface area (Å²) in [7, 11) is -3.82. The molecule has 1 unspecified atom stereocenters. The Balaban J connectivity index is 1.99. The first-order chi connectivity index (χ1) is 12.4. The summed E-state index contributed by atoms with van der Waals surface area (Å²) in [6.45, 7) is 0.409. The van der Waals surface area contributed by atoms with Gasteiger partial charge in [-0.25, -0.2) is 4.57 Å². The van der Waals surface area contributed by atoms with Crippen molar-refractivity contribution in [2.75, 3.05) is 19.8 Å². The smallest absolute Gasteiger partial charge is 0.402 e. The van der Waals surface area contributed by atoms with Crippen LogP contribution in [-0.4, -0.2) is 30.6 Å². The Morgan fingerprint density at radius 3 is 2.69 bits per heavy atom. The number of phosphoric acid groups is 1. The van der Waals surface area contributed by atoms with Crippen molar-refractivity contribution >= 4 is 40.6 Å². The number of phosphoric ester groups is 1. The van der Waals surface area contributed by atoms with Crippen molar-refractivity contribution in [3.05, 3.63) is 28.9 Å². The van der Waals surface area contributed by atoms with Crippen LogP contribution in [0, 0.1) is 0 Å². The predicted octanol–water partition coefficient (Wildman–Crippen LogP) is 3.45. The largest absolute Gasteiger partial charge is 0.530 e. The minimum atomic E-state index is -3.82. The summed E-state index contributed by atoms with van der Waals surface area (Å²) in [6.07, 6.45) is 3.91. The van der Waals surface area contributed by atoms with Gasteiger partial charge in [0.25, 0.3) is 0 Å². The van der Waals surface area contributed by atoms with E-state index >= 15 is 0 Å². The summed E-state index contributed by atoms with van der Waals surface area (Å²) < 4.78 is 30.0. The Morgan fingerprint density at radius 1 is 1.19 bits per heavy atom. The molecule has 2 aromatic rings. The maximum Gasteiger partial charge on any atom is 0.530 e. The van der Waals surface area contributed by atoms with Crippen LogP contribution in [0.5, 0.6) is 5.75 Å². The third kappa shape index (κ3) is 6.41. The number of hydrogen-bond acceptors (Lipinski definition) is 6. The Hall–Kier alpha value is -1.38. The third-order valence-electron chi connectivity index (χ3n) is 3.50. The molecular formula is C16H23BrN3O5P. The number of nitrogens with two attached hydrogens (primary N) is 2. The number of benzene rings is 1. The van der Waals surface area contributed by atoms with Gasteiger partial charge >= 0.3 is 7.82 Å². The lowest BCUT2D eigenvalue weighted by Gasteiger charge is -2.18. The summed E-state index contributed by atoms with van der Waals surface area (Å²) in [5, 5.41) is 0.751. The number of unbranched alkanes of at least 4 members (excludes halogenated alkanes) is 2. The van der Waals surface area contributed by atoms with Gasteiger partial charge in [0, 0.05) is 34.5 Å². The average molecular weight is 448 g/mol. The molecule has 5 N–H and O–H groups in total. The molecule has 0 fully saturated rings. The molecule has 0 aliphatic rings. The van der Waals surface area contributed by atoms with E-state index in [0.717, 1.165) is 21.8 Å². The average Bonchev–Trinajstić information content (AvgIpc) is 2.98. The summed E-state index contributed by atoms with van der Waals surface area (Å²) in [5.74, 6) is 0.0343. The Bertz CT molecular complexity index is 782. The van der Waals surface area contributed by atoms with E-state index in [9.17, 15) is 9.36 Å². The van der Waals surface area contributed by atoms with Crippen LogP contribution in [-0.2, 0) is 18.4 Å². The van der Waals surface area contributed by atoms with Gasteiger partial charge in [0.1, 0.15) is 0 Å². The normalized spacial score (nSPS) is 13.6. The number of aromatic amines is 1. The summed E-state index contributed by atoms with van der Waals surface area (Å²) in [6, 6.07) is 5.60. The van der Waals surface area contributed by atoms with Crippen LogP contribution in [0.4, 0.5) is 0 Å². The second-order valence-corrected chi connectivity index (χ2v) is 8.12. The van der Waals surface area contributed by atoms with Crippen LogP contribution in [0.15, 0.2) is 28.9 Å². The summed E-state index contributed by atoms with van der Waals surface area (Å²) in [5.41, 5.74) is 11.4. The first kappa shape index (κ1) is 20.9. The van der Waals surface area contributed by atoms with Crippen molar-refractivity contribution in [1.29, 1.82) is 0 Å². The monoisotopic (exact) mass is 447 g/mol. The van der Waals surface area contributed by atoms with E-state index in [-0.39, 0.29) is 25.7 Å². The van der Waals surface area contributed by atoms with Gasteiger partial charge < -0.3 is 21.0 Å². The maximum atomic E-state index is 12.9. The second-order valence-electron chi connectivity index (χ2n) is 5.61. The highest BCUT2D eigenvalue weighted by Crippen LogP contribution is 2.51. The van der Waals surface area contributed by atoms with Gasteiger partial charge in [-0.2, -0.15) is 0 Å². The molecule has 0 aliphatic carbocycles. The number of amides is 1. The van der Waals surface area contributed by atoms with E-state index in [1.807, 2.05) is 18.2 Å².